The number of hydrogen-bond acceptors (Lipinski definition) is 4. The molecule has 1 saturated heterocycles. The summed E-state index contributed by atoms with van der Waals surface area (Å²) in [6.07, 6.45) is 1.11. The number of carboxylic acids is 1. The number of nitrogens with one attached hydrogen (secondary N) is 1. The molecule has 0 aliphatic carbocycles. The maximum absolute atomic E-state index is 11.2. The largest absolute Gasteiger partial charge is 0.480 e. The average Bonchev–Trinajstić information content (AvgIpc) is 2.29. The van der Waals surface area contributed by atoms with Crippen LogP contribution in [0.5, 0.6) is 0 Å². The molecule has 0 aromatic carbocycles. The van der Waals surface area contributed by atoms with Crippen LogP contribution in [0.15, 0.2) is 0 Å². The molecule has 5 nitrogen and oxygen atoms in total. The Labute approximate surface area is 110 Å². The summed E-state index contributed by atoms with van der Waals surface area (Å²) in [6.45, 7) is 9.69. The SMILES string of the molecule is CCC1CN(CC(NC(C)C)C(=O)O)CCN1C. The second-order valence-electron chi connectivity index (χ2n) is 5.51. The van der Waals surface area contributed by atoms with Gasteiger partial charge in [0.1, 0.15) is 6.04 Å². The van der Waals surface area contributed by atoms with E-state index in [2.05, 4.69) is 29.1 Å². The molecule has 18 heavy (non-hydrogen) atoms. The smallest absolute Gasteiger partial charge is 0.322 e. The van der Waals surface area contributed by atoms with E-state index >= 15 is 0 Å². The van der Waals surface area contributed by atoms with Gasteiger partial charge in [-0.3, -0.25) is 9.69 Å². The zero-order valence-electron chi connectivity index (χ0n) is 12.0. The van der Waals surface area contributed by atoms with E-state index in [1.807, 2.05) is 13.8 Å². The van der Waals surface area contributed by atoms with Crippen LogP contribution in [-0.4, -0.2) is 72.2 Å². The van der Waals surface area contributed by atoms with Crippen LogP contribution < -0.4 is 5.32 Å². The Morgan fingerprint density at radius 1 is 1.44 bits per heavy atom. The van der Waals surface area contributed by atoms with Gasteiger partial charge in [-0.1, -0.05) is 20.8 Å². The topological polar surface area (TPSA) is 55.8 Å². The Hall–Kier alpha value is -0.650. The van der Waals surface area contributed by atoms with Crippen molar-refractivity contribution in [3.8, 4) is 0 Å². The normalized spacial score (nSPS) is 24.4. The van der Waals surface area contributed by atoms with Crippen LogP contribution in [0.4, 0.5) is 0 Å². The van der Waals surface area contributed by atoms with E-state index in [-0.39, 0.29) is 6.04 Å². The summed E-state index contributed by atoms with van der Waals surface area (Å²) in [4.78, 5) is 15.9. The first-order valence-electron chi connectivity index (χ1n) is 6.85. The van der Waals surface area contributed by atoms with Crippen molar-refractivity contribution in [1.82, 2.24) is 15.1 Å². The molecule has 0 bridgehead atoms. The van der Waals surface area contributed by atoms with Gasteiger partial charge in [0, 0.05) is 38.3 Å². The molecular weight excluding hydrogens is 230 g/mol. The van der Waals surface area contributed by atoms with Crippen molar-refractivity contribution in [2.24, 2.45) is 0 Å². The zero-order valence-corrected chi connectivity index (χ0v) is 12.0. The van der Waals surface area contributed by atoms with Crippen molar-refractivity contribution in [3.05, 3.63) is 0 Å². The zero-order chi connectivity index (χ0) is 13.7. The Morgan fingerprint density at radius 2 is 2.11 bits per heavy atom. The Bertz CT molecular complexity index is 271. The fraction of sp³-hybridized carbons (Fsp3) is 0.923. The minimum absolute atomic E-state index is 0.195. The van der Waals surface area contributed by atoms with Gasteiger partial charge in [-0.25, -0.2) is 0 Å². The average molecular weight is 257 g/mol. The number of hydrogen-bond donors (Lipinski definition) is 2. The number of piperazine rings is 1. The molecule has 0 spiro atoms. The van der Waals surface area contributed by atoms with Crippen molar-refractivity contribution in [2.45, 2.75) is 45.3 Å². The summed E-state index contributed by atoms with van der Waals surface area (Å²) in [6, 6.07) is 0.277. The molecule has 5 heteroatoms. The molecule has 1 aliphatic heterocycles. The predicted molar refractivity (Wildman–Crippen MR) is 72.8 cm³/mol. The third-order valence-corrected chi connectivity index (χ3v) is 3.61. The third kappa shape index (κ3) is 4.55. The summed E-state index contributed by atoms with van der Waals surface area (Å²) in [5.41, 5.74) is 0. The molecule has 0 aromatic heterocycles. The molecule has 0 aromatic rings. The highest BCUT2D eigenvalue weighted by Gasteiger charge is 2.27. The van der Waals surface area contributed by atoms with Crippen molar-refractivity contribution in [3.63, 3.8) is 0 Å². The number of likely N-dealkylation sites (N-methyl/N-ethyl adjacent to an activating group) is 1. The number of carbonyl (C=O) groups is 1. The highest BCUT2D eigenvalue weighted by Crippen LogP contribution is 2.11. The van der Waals surface area contributed by atoms with E-state index in [1.165, 1.54) is 0 Å². The quantitative estimate of drug-likeness (QED) is 0.724. The molecule has 1 aliphatic rings. The lowest BCUT2D eigenvalue weighted by Crippen LogP contribution is -2.56. The van der Waals surface area contributed by atoms with Crippen LogP contribution in [0.25, 0.3) is 0 Å². The molecule has 2 atom stereocenters. The summed E-state index contributed by atoms with van der Waals surface area (Å²) in [5.74, 6) is -0.754. The van der Waals surface area contributed by atoms with Gasteiger partial charge in [0.25, 0.3) is 0 Å². The van der Waals surface area contributed by atoms with Crippen LogP contribution in [0.2, 0.25) is 0 Å². The highest BCUT2D eigenvalue weighted by atomic mass is 16.4. The van der Waals surface area contributed by atoms with Crippen molar-refractivity contribution < 1.29 is 9.90 Å². The molecule has 0 amide bonds. The Morgan fingerprint density at radius 3 is 2.61 bits per heavy atom. The summed E-state index contributed by atoms with van der Waals surface area (Å²) >= 11 is 0. The fourth-order valence-electron chi connectivity index (χ4n) is 2.48. The molecule has 1 rings (SSSR count). The Kier molecular flexibility index (Phi) is 6.05. The lowest BCUT2D eigenvalue weighted by Gasteiger charge is -2.40. The van der Waals surface area contributed by atoms with Crippen LogP contribution in [-0.2, 0) is 4.79 Å². The summed E-state index contributed by atoms with van der Waals surface area (Å²) < 4.78 is 0. The monoisotopic (exact) mass is 257 g/mol. The maximum Gasteiger partial charge on any atom is 0.322 e. The van der Waals surface area contributed by atoms with E-state index in [0.717, 1.165) is 26.1 Å². The van der Waals surface area contributed by atoms with Gasteiger partial charge >= 0.3 is 5.97 Å². The maximum atomic E-state index is 11.2. The highest BCUT2D eigenvalue weighted by molar-refractivity contribution is 5.73. The second-order valence-corrected chi connectivity index (χ2v) is 5.51. The van der Waals surface area contributed by atoms with Crippen LogP contribution in [0.1, 0.15) is 27.2 Å². The summed E-state index contributed by atoms with van der Waals surface area (Å²) in [5, 5.41) is 12.3. The van der Waals surface area contributed by atoms with Crippen LogP contribution in [0.3, 0.4) is 0 Å². The molecule has 2 unspecified atom stereocenters. The number of nitrogens with zero attached hydrogens (tertiary/aromatic N) is 2. The predicted octanol–water partition coefficient (Wildman–Crippen LogP) is 0.464. The molecule has 1 fully saturated rings. The van der Waals surface area contributed by atoms with Crippen LogP contribution >= 0.6 is 0 Å². The molecule has 106 valence electrons. The van der Waals surface area contributed by atoms with Crippen molar-refractivity contribution in [1.29, 1.82) is 0 Å². The van der Waals surface area contributed by atoms with Crippen molar-refractivity contribution in [2.75, 3.05) is 33.2 Å². The summed E-state index contributed by atoms with van der Waals surface area (Å²) in [7, 11) is 2.15. The number of rotatable bonds is 6. The van der Waals surface area contributed by atoms with E-state index in [4.69, 9.17) is 0 Å². The minimum atomic E-state index is -0.754. The lowest BCUT2D eigenvalue weighted by atomic mass is 10.1. The Balaban J connectivity index is 2.51. The van der Waals surface area contributed by atoms with Gasteiger partial charge < -0.3 is 15.3 Å². The first kappa shape index (κ1) is 15.4. The van der Waals surface area contributed by atoms with E-state index < -0.39 is 12.0 Å². The molecule has 1 heterocycles. The lowest BCUT2D eigenvalue weighted by molar-refractivity contribution is -0.140. The van der Waals surface area contributed by atoms with Gasteiger partial charge in [-0.15, -0.1) is 0 Å². The van der Waals surface area contributed by atoms with Crippen molar-refractivity contribution >= 4 is 5.97 Å². The number of aliphatic carboxylic acids is 1. The molecular formula is C13H27N3O2. The first-order valence-corrected chi connectivity index (χ1v) is 6.85. The molecule has 0 saturated carbocycles. The van der Waals surface area contributed by atoms with Gasteiger partial charge in [-0.05, 0) is 13.5 Å². The van der Waals surface area contributed by atoms with Crippen LogP contribution in [0, 0.1) is 0 Å². The third-order valence-electron chi connectivity index (χ3n) is 3.61. The van der Waals surface area contributed by atoms with Gasteiger partial charge in [0.15, 0.2) is 0 Å². The van der Waals surface area contributed by atoms with E-state index in [0.29, 0.717) is 12.6 Å². The molecule has 2 N–H and O–H groups in total. The van der Waals surface area contributed by atoms with Gasteiger partial charge in [0.05, 0.1) is 0 Å². The number of carboxylic acid groups (broad SMARTS) is 1. The van der Waals surface area contributed by atoms with Gasteiger partial charge in [-0.2, -0.15) is 0 Å². The van der Waals surface area contributed by atoms with E-state index in [9.17, 15) is 9.90 Å². The van der Waals surface area contributed by atoms with Gasteiger partial charge in [0.2, 0.25) is 0 Å². The second kappa shape index (κ2) is 7.07. The minimum Gasteiger partial charge on any atom is -0.480 e. The first-order chi connectivity index (χ1) is 8.43. The van der Waals surface area contributed by atoms with E-state index in [1.54, 1.807) is 0 Å². The molecule has 0 radical (unpaired) electrons. The fourth-order valence-corrected chi connectivity index (χ4v) is 2.48. The standard InChI is InChI=1S/C13H27N3O2/c1-5-11-8-16(7-6-15(11)4)9-12(13(17)18)14-10(2)3/h10-12,14H,5-9H2,1-4H3,(H,17,18).